The third kappa shape index (κ3) is 4.65. The molecule has 1 N–H and O–H groups in total. The standard InChI is InChI=1S/C23H30FNO2Si/c1-23(2,3)28(4,5)27-12-11-18-15-25-20-13-19(24)14-21(22(18)20)26-16-17-9-7-6-8-10-17/h6-10,13-15,25H,11-12,16H2,1-5H3. The molecule has 0 saturated carbocycles. The Morgan fingerprint density at radius 3 is 2.46 bits per heavy atom. The SMILES string of the molecule is CC(C)(C)[Si](C)(C)OCCc1c[nH]c2cc(F)cc(OCc3ccccc3)c12. The zero-order valence-corrected chi connectivity index (χ0v) is 18.4. The van der Waals surface area contributed by atoms with Crippen molar-refractivity contribution in [3.05, 3.63) is 65.6 Å². The Morgan fingerprint density at radius 2 is 1.79 bits per heavy atom. The molecular weight excluding hydrogens is 369 g/mol. The van der Waals surface area contributed by atoms with Crippen LogP contribution in [0.5, 0.6) is 5.75 Å². The van der Waals surface area contributed by atoms with E-state index < -0.39 is 8.32 Å². The first-order valence-corrected chi connectivity index (χ1v) is 12.7. The van der Waals surface area contributed by atoms with E-state index in [9.17, 15) is 4.39 Å². The van der Waals surface area contributed by atoms with Crippen LogP contribution in [0.4, 0.5) is 4.39 Å². The predicted molar refractivity (Wildman–Crippen MR) is 116 cm³/mol. The van der Waals surface area contributed by atoms with Crippen molar-refractivity contribution in [2.75, 3.05) is 6.61 Å². The van der Waals surface area contributed by atoms with Crippen molar-refractivity contribution in [1.29, 1.82) is 0 Å². The first-order chi connectivity index (χ1) is 13.2. The van der Waals surface area contributed by atoms with Crippen LogP contribution >= 0.6 is 0 Å². The van der Waals surface area contributed by atoms with Crippen molar-refractivity contribution >= 4 is 19.2 Å². The summed E-state index contributed by atoms with van der Waals surface area (Å²) in [6, 6.07) is 12.9. The lowest BCUT2D eigenvalue weighted by Crippen LogP contribution is -2.41. The summed E-state index contributed by atoms with van der Waals surface area (Å²) in [7, 11) is -1.79. The second kappa shape index (κ2) is 8.09. The zero-order chi connectivity index (χ0) is 20.4. The molecule has 0 spiro atoms. The van der Waals surface area contributed by atoms with E-state index in [1.165, 1.54) is 12.1 Å². The molecule has 0 aliphatic heterocycles. The Hall–Kier alpha value is -2.11. The number of aromatic amines is 1. The fourth-order valence-corrected chi connectivity index (χ4v) is 3.99. The zero-order valence-electron chi connectivity index (χ0n) is 17.4. The van der Waals surface area contributed by atoms with Gasteiger partial charge < -0.3 is 14.1 Å². The highest BCUT2D eigenvalue weighted by atomic mass is 28.4. The Morgan fingerprint density at radius 1 is 1.07 bits per heavy atom. The van der Waals surface area contributed by atoms with Crippen LogP contribution in [0, 0.1) is 5.82 Å². The molecule has 3 nitrogen and oxygen atoms in total. The summed E-state index contributed by atoms with van der Waals surface area (Å²) in [6.07, 6.45) is 2.70. The molecule has 0 saturated heterocycles. The van der Waals surface area contributed by atoms with E-state index in [0.29, 0.717) is 19.0 Å². The molecule has 28 heavy (non-hydrogen) atoms. The fourth-order valence-electron chi connectivity index (χ4n) is 2.94. The van der Waals surface area contributed by atoms with Crippen LogP contribution in [0.2, 0.25) is 18.1 Å². The maximum atomic E-state index is 14.1. The third-order valence-electron chi connectivity index (χ3n) is 5.67. The van der Waals surface area contributed by atoms with Crippen molar-refractivity contribution < 1.29 is 13.6 Å². The number of H-pyrrole nitrogens is 1. The van der Waals surface area contributed by atoms with Gasteiger partial charge in [-0.05, 0) is 41.7 Å². The minimum absolute atomic E-state index is 0.181. The number of benzene rings is 2. The Labute approximate surface area is 168 Å². The van der Waals surface area contributed by atoms with Gasteiger partial charge in [0.2, 0.25) is 0 Å². The van der Waals surface area contributed by atoms with Gasteiger partial charge in [0.05, 0.1) is 5.52 Å². The van der Waals surface area contributed by atoms with Gasteiger partial charge >= 0.3 is 0 Å². The summed E-state index contributed by atoms with van der Waals surface area (Å²) in [4.78, 5) is 3.18. The van der Waals surface area contributed by atoms with E-state index >= 15 is 0 Å². The van der Waals surface area contributed by atoms with Crippen molar-refractivity contribution in [2.24, 2.45) is 0 Å². The second-order valence-electron chi connectivity index (χ2n) is 8.77. The molecule has 2 aromatic carbocycles. The number of fused-ring (bicyclic) bond motifs is 1. The lowest BCUT2D eigenvalue weighted by molar-refractivity contribution is 0.291. The summed E-state index contributed by atoms with van der Waals surface area (Å²) in [5, 5.41) is 1.12. The van der Waals surface area contributed by atoms with Gasteiger partial charge in [0, 0.05) is 24.3 Å². The third-order valence-corrected chi connectivity index (χ3v) is 10.2. The molecule has 0 fully saturated rings. The van der Waals surface area contributed by atoms with Crippen LogP contribution in [0.1, 0.15) is 31.9 Å². The van der Waals surface area contributed by atoms with Crippen LogP contribution in [-0.2, 0) is 17.5 Å². The lowest BCUT2D eigenvalue weighted by atomic mass is 10.1. The summed E-state index contributed by atoms with van der Waals surface area (Å²) in [5.41, 5.74) is 2.90. The van der Waals surface area contributed by atoms with E-state index in [4.69, 9.17) is 9.16 Å². The lowest BCUT2D eigenvalue weighted by Gasteiger charge is -2.36. The van der Waals surface area contributed by atoms with Gasteiger partial charge in [-0.15, -0.1) is 0 Å². The smallest absolute Gasteiger partial charge is 0.191 e. The molecule has 0 amide bonds. The molecule has 3 aromatic rings. The van der Waals surface area contributed by atoms with Crippen LogP contribution < -0.4 is 4.74 Å². The van der Waals surface area contributed by atoms with Gasteiger partial charge in [0.25, 0.3) is 0 Å². The second-order valence-corrected chi connectivity index (χ2v) is 13.6. The van der Waals surface area contributed by atoms with E-state index in [2.05, 4.69) is 38.8 Å². The number of halogens is 1. The van der Waals surface area contributed by atoms with Crippen LogP contribution in [0.15, 0.2) is 48.7 Å². The number of hydrogen-bond donors (Lipinski definition) is 1. The highest BCUT2D eigenvalue weighted by Crippen LogP contribution is 2.37. The molecule has 150 valence electrons. The summed E-state index contributed by atoms with van der Waals surface area (Å²) < 4.78 is 26.4. The minimum atomic E-state index is -1.79. The maximum Gasteiger partial charge on any atom is 0.191 e. The largest absolute Gasteiger partial charge is 0.488 e. The van der Waals surface area contributed by atoms with Gasteiger partial charge in [0.1, 0.15) is 18.2 Å². The molecule has 1 aromatic heterocycles. The van der Waals surface area contributed by atoms with Gasteiger partial charge in [-0.1, -0.05) is 51.1 Å². The van der Waals surface area contributed by atoms with E-state index in [1.54, 1.807) is 0 Å². The minimum Gasteiger partial charge on any atom is -0.488 e. The van der Waals surface area contributed by atoms with Crippen molar-refractivity contribution in [1.82, 2.24) is 4.98 Å². The van der Waals surface area contributed by atoms with Crippen molar-refractivity contribution in [2.45, 2.75) is 51.9 Å². The quantitative estimate of drug-likeness (QED) is 0.463. The van der Waals surface area contributed by atoms with E-state index in [0.717, 1.165) is 28.5 Å². The highest BCUT2D eigenvalue weighted by molar-refractivity contribution is 6.74. The number of hydrogen-bond acceptors (Lipinski definition) is 2. The first-order valence-electron chi connectivity index (χ1n) is 9.77. The molecule has 0 aliphatic carbocycles. The Balaban J connectivity index is 1.78. The van der Waals surface area contributed by atoms with E-state index in [1.807, 2.05) is 36.5 Å². The number of aromatic nitrogens is 1. The monoisotopic (exact) mass is 399 g/mol. The molecule has 0 aliphatic rings. The summed E-state index contributed by atoms with van der Waals surface area (Å²) in [5.74, 6) is 0.268. The van der Waals surface area contributed by atoms with Gasteiger partial charge in [0.15, 0.2) is 8.32 Å². The molecule has 3 rings (SSSR count). The van der Waals surface area contributed by atoms with Crippen LogP contribution in [0.25, 0.3) is 10.9 Å². The molecule has 0 bridgehead atoms. The highest BCUT2D eigenvalue weighted by Gasteiger charge is 2.36. The van der Waals surface area contributed by atoms with Crippen LogP contribution in [0.3, 0.4) is 0 Å². The topological polar surface area (TPSA) is 34.2 Å². The Bertz CT molecular complexity index is 929. The van der Waals surface area contributed by atoms with Gasteiger partial charge in [-0.3, -0.25) is 0 Å². The average Bonchev–Trinajstić information content (AvgIpc) is 3.02. The molecule has 0 radical (unpaired) electrons. The molecule has 0 unspecified atom stereocenters. The van der Waals surface area contributed by atoms with Crippen molar-refractivity contribution in [3.63, 3.8) is 0 Å². The number of rotatable bonds is 7. The molecule has 5 heteroatoms. The number of nitrogens with one attached hydrogen (secondary N) is 1. The van der Waals surface area contributed by atoms with Crippen LogP contribution in [-0.4, -0.2) is 19.9 Å². The maximum absolute atomic E-state index is 14.1. The number of ether oxygens (including phenoxy) is 1. The average molecular weight is 400 g/mol. The normalized spacial score (nSPS) is 12.5. The fraction of sp³-hybridized carbons (Fsp3) is 0.391. The predicted octanol–water partition coefficient (Wildman–Crippen LogP) is 6.45. The molecular formula is C23H30FNO2Si. The van der Waals surface area contributed by atoms with Crippen molar-refractivity contribution in [3.8, 4) is 5.75 Å². The van der Waals surface area contributed by atoms with Gasteiger partial charge in [-0.2, -0.15) is 0 Å². The molecule has 0 atom stereocenters. The molecule has 1 heterocycles. The first kappa shape index (κ1) is 20.6. The Kier molecular flexibility index (Phi) is 5.96. The summed E-state index contributed by atoms with van der Waals surface area (Å²) in [6.45, 7) is 12.3. The summed E-state index contributed by atoms with van der Waals surface area (Å²) >= 11 is 0. The van der Waals surface area contributed by atoms with E-state index in [-0.39, 0.29) is 10.9 Å². The van der Waals surface area contributed by atoms with Gasteiger partial charge in [-0.25, -0.2) is 4.39 Å².